The van der Waals surface area contributed by atoms with Crippen LogP contribution in [0.4, 0.5) is 0 Å². The fourth-order valence-corrected chi connectivity index (χ4v) is 1.71. The minimum atomic E-state index is -0.769. The maximum atomic E-state index is 11.7. The van der Waals surface area contributed by atoms with E-state index < -0.39 is 17.9 Å². The third-order valence-corrected chi connectivity index (χ3v) is 2.60. The molecule has 0 unspecified atom stereocenters. The van der Waals surface area contributed by atoms with E-state index in [-0.39, 0.29) is 19.1 Å². The number of esters is 2. The summed E-state index contributed by atoms with van der Waals surface area (Å²) in [5, 5.41) is 0. The zero-order chi connectivity index (χ0) is 12.6. The largest absolute Gasteiger partial charge is 0.465 e. The van der Waals surface area contributed by atoms with Gasteiger partial charge in [0.2, 0.25) is 0 Å². The van der Waals surface area contributed by atoms with Gasteiger partial charge in [-0.25, -0.2) is 0 Å². The second-order valence-corrected chi connectivity index (χ2v) is 3.56. The minimum Gasteiger partial charge on any atom is -0.465 e. The Balaban J connectivity index is 4.73. The summed E-state index contributed by atoms with van der Waals surface area (Å²) in [7, 11) is 0. The SMILES string of the molecule is CCOC(=O)C(C(=O)OCC)C(CC)CC. The van der Waals surface area contributed by atoms with E-state index in [1.807, 2.05) is 13.8 Å². The number of hydrogen-bond donors (Lipinski definition) is 0. The van der Waals surface area contributed by atoms with Crippen LogP contribution in [0.3, 0.4) is 0 Å². The van der Waals surface area contributed by atoms with Crippen molar-refractivity contribution in [1.29, 1.82) is 0 Å². The lowest BCUT2D eigenvalue weighted by molar-refractivity contribution is -0.164. The van der Waals surface area contributed by atoms with Crippen molar-refractivity contribution in [3.63, 3.8) is 0 Å². The maximum absolute atomic E-state index is 11.7. The van der Waals surface area contributed by atoms with Crippen molar-refractivity contribution in [1.82, 2.24) is 0 Å². The fourth-order valence-electron chi connectivity index (χ4n) is 1.71. The van der Waals surface area contributed by atoms with E-state index in [1.165, 1.54) is 0 Å². The van der Waals surface area contributed by atoms with Gasteiger partial charge in [0.1, 0.15) is 0 Å². The van der Waals surface area contributed by atoms with E-state index in [9.17, 15) is 9.59 Å². The molecule has 0 fully saturated rings. The Labute approximate surface area is 97.3 Å². The topological polar surface area (TPSA) is 52.6 Å². The van der Waals surface area contributed by atoms with Crippen LogP contribution in [-0.2, 0) is 19.1 Å². The molecule has 0 rings (SSSR count). The first-order valence-corrected chi connectivity index (χ1v) is 5.95. The number of carbonyl (C=O) groups is 2. The Bertz CT molecular complexity index is 203. The van der Waals surface area contributed by atoms with Crippen molar-refractivity contribution >= 4 is 11.9 Å². The van der Waals surface area contributed by atoms with Crippen LogP contribution in [0.5, 0.6) is 0 Å². The summed E-state index contributed by atoms with van der Waals surface area (Å²) in [5.74, 6) is -1.70. The standard InChI is InChI=1S/C12H22O4/c1-5-9(6-2)10(11(13)15-7-3)12(14)16-8-4/h9-10H,5-8H2,1-4H3. The molecule has 0 aliphatic rings. The molecule has 0 saturated carbocycles. The zero-order valence-corrected chi connectivity index (χ0v) is 10.6. The maximum Gasteiger partial charge on any atom is 0.320 e. The Morgan fingerprint density at radius 3 is 1.50 bits per heavy atom. The van der Waals surface area contributed by atoms with Crippen molar-refractivity contribution in [2.75, 3.05) is 13.2 Å². The number of hydrogen-bond acceptors (Lipinski definition) is 4. The van der Waals surface area contributed by atoms with Crippen molar-refractivity contribution in [3.05, 3.63) is 0 Å². The molecule has 0 heterocycles. The highest BCUT2D eigenvalue weighted by atomic mass is 16.6. The first kappa shape index (κ1) is 14.9. The predicted molar refractivity (Wildman–Crippen MR) is 60.8 cm³/mol. The Morgan fingerprint density at radius 1 is 0.875 bits per heavy atom. The lowest BCUT2D eigenvalue weighted by atomic mass is 9.88. The first-order valence-electron chi connectivity index (χ1n) is 5.95. The van der Waals surface area contributed by atoms with Crippen LogP contribution in [0.1, 0.15) is 40.5 Å². The summed E-state index contributed by atoms with van der Waals surface area (Å²) in [4.78, 5) is 23.4. The molecule has 16 heavy (non-hydrogen) atoms. The lowest BCUT2D eigenvalue weighted by Crippen LogP contribution is -2.34. The highest BCUT2D eigenvalue weighted by molar-refractivity contribution is 5.95. The summed E-state index contributed by atoms with van der Waals surface area (Å²) in [6, 6.07) is 0. The molecule has 4 heteroatoms. The van der Waals surface area contributed by atoms with Crippen molar-refractivity contribution in [3.8, 4) is 0 Å². The molecule has 0 aliphatic carbocycles. The fraction of sp³-hybridized carbons (Fsp3) is 0.833. The van der Waals surface area contributed by atoms with Crippen molar-refractivity contribution in [2.45, 2.75) is 40.5 Å². The van der Waals surface area contributed by atoms with Crippen LogP contribution in [0.25, 0.3) is 0 Å². The second-order valence-electron chi connectivity index (χ2n) is 3.56. The van der Waals surface area contributed by atoms with Crippen LogP contribution in [-0.4, -0.2) is 25.2 Å². The summed E-state index contributed by atoms with van der Waals surface area (Å²) < 4.78 is 9.83. The third-order valence-electron chi connectivity index (χ3n) is 2.60. The van der Waals surface area contributed by atoms with Gasteiger partial charge in [-0.15, -0.1) is 0 Å². The molecule has 4 nitrogen and oxygen atoms in total. The molecule has 0 aliphatic heterocycles. The molecular weight excluding hydrogens is 208 g/mol. The normalized spacial score (nSPS) is 10.6. The van der Waals surface area contributed by atoms with Crippen molar-refractivity contribution in [2.24, 2.45) is 11.8 Å². The Hall–Kier alpha value is -1.06. The van der Waals surface area contributed by atoms with Crippen LogP contribution >= 0.6 is 0 Å². The highest BCUT2D eigenvalue weighted by Gasteiger charge is 2.35. The molecule has 0 aromatic rings. The van der Waals surface area contributed by atoms with E-state index in [0.29, 0.717) is 0 Å². The average Bonchev–Trinajstić information content (AvgIpc) is 2.25. The average molecular weight is 230 g/mol. The molecule has 0 aromatic heterocycles. The minimum absolute atomic E-state index is 0.00176. The molecule has 0 amide bonds. The summed E-state index contributed by atoms with van der Waals surface area (Å²) in [5.41, 5.74) is 0. The van der Waals surface area contributed by atoms with Crippen LogP contribution in [0, 0.1) is 11.8 Å². The summed E-state index contributed by atoms with van der Waals surface area (Å²) >= 11 is 0. The molecule has 94 valence electrons. The number of rotatable bonds is 7. The molecule has 0 radical (unpaired) electrons. The molecule has 0 atom stereocenters. The predicted octanol–water partition coefficient (Wildman–Crippen LogP) is 2.17. The van der Waals surface area contributed by atoms with E-state index in [0.717, 1.165) is 12.8 Å². The Kier molecular flexibility index (Phi) is 7.60. The van der Waals surface area contributed by atoms with Crippen LogP contribution in [0.15, 0.2) is 0 Å². The first-order chi connectivity index (χ1) is 7.62. The monoisotopic (exact) mass is 230 g/mol. The van der Waals surface area contributed by atoms with E-state index in [1.54, 1.807) is 13.8 Å². The molecule has 0 N–H and O–H groups in total. The van der Waals surface area contributed by atoms with E-state index in [2.05, 4.69) is 0 Å². The smallest absolute Gasteiger partial charge is 0.320 e. The van der Waals surface area contributed by atoms with Crippen LogP contribution < -0.4 is 0 Å². The third kappa shape index (κ3) is 4.21. The van der Waals surface area contributed by atoms with Gasteiger partial charge in [-0.05, 0) is 19.8 Å². The second kappa shape index (κ2) is 8.13. The van der Waals surface area contributed by atoms with Gasteiger partial charge in [0.25, 0.3) is 0 Å². The molecule has 0 saturated heterocycles. The number of ether oxygens (including phenoxy) is 2. The lowest BCUT2D eigenvalue weighted by Gasteiger charge is -2.21. The highest BCUT2D eigenvalue weighted by Crippen LogP contribution is 2.22. The van der Waals surface area contributed by atoms with Gasteiger partial charge in [0.05, 0.1) is 13.2 Å². The van der Waals surface area contributed by atoms with E-state index in [4.69, 9.17) is 9.47 Å². The zero-order valence-electron chi connectivity index (χ0n) is 10.6. The number of carbonyl (C=O) groups excluding carboxylic acids is 2. The van der Waals surface area contributed by atoms with Gasteiger partial charge < -0.3 is 9.47 Å². The Morgan fingerprint density at radius 2 is 1.25 bits per heavy atom. The molecule has 0 aromatic carbocycles. The van der Waals surface area contributed by atoms with Crippen molar-refractivity contribution < 1.29 is 19.1 Å². The van der Waals surface area contributed by atoms with Gasteiger partial charge in [0.15, 0.2) is 5.92 Å². The van der Waals surface area contributed by atoms with Gasteiger partial charge in [-0.1, -0.05) is 26.7 Å². The molecular formula is C12H22O4. The quantitative estimate of drug-likeness (QED) is 0.497. The van der Waals surface area contributed by atoms with Crippen LogP contribution in [0.2, 0.25) is 0 Å². The van der Waals surface area contributed by atoms with Gasteiger partial charge >= 0.3 is 11.9 Å². The molecule has 0 spiro atoms. The van der Waals surface area contributed by atoms with Gasteiger partial charge in [-0.2, -0.15) is 0 Å². The summed E-state index contributed by atoms with van der Waals surface area (Å²) in [6.45, 7) is 7.95. The summed E-state index contributed by atoms with van der Waals surface area (Å²) in [6.07, 6.45) is 1.53. The van der Waals surface area contributed by atoms with Gasteiger partial charge in [-0.3, -0.25) is 9.59 Å². The molecule has 0 bridgehead atoms. The van der Waals surface area contributed by atoms with Gasteiger partial charge in [0, 0.05) is 0 Å². The van der Waals surface area contributed by atoms with E-state index >= 15 is 0 Å².